The van der Waals surface area contributed by atoms with Gasteiger partial charge in [0.2, 0.25) is 0 Å². The van der Waals surface area contributed by atoms with Crippen LogP contribution >= 0.6 is 11.6 Å². The molecule has 0 N–H and O–H groups in total. The lowest BCUT2D eigenvalue weighted by Gasteiger charge is -2.27. The molecular formula is C17H19ClN4O2. The number of carbonyl (C=O) groups is 1. The Labute approximate surface area is 145 Å². The number of hydrogen-bond donors (Lipinski definition) is 0. The highest BCUT2D eigenvalue weighted by Crippen LogP contribution is 2.28. The summed E-state index contributed by atoms with van der Waals surface area (Å²) in [5, 5.41) is 9.01. The van der Waals surface area contributed by atoms with E-state index in [1.807, 2.05) is 29.2 Å². The molecule has 1 atom stereocenters. The largest absolute Gasteiger partial charge is 0.365 e. The molecule has 7 heteroatoms. The zero-order valence-electron chi connectivity index (χ0n) is 13.3. The van der Waals surface area contributed by atoms with Gasteiger partial charge in [0.05, 0.1) is 18.8 Å². The van der Waals surface area contributed by atoms with E-state index in [0.29, 0.717) is 23.9 Å². The van der Waals surface area contributed by atoms with E-state index >= 15 is 0 Å². The molecular weight excluding hydrogens is 328 g/mol. The maximum atomic E-state index is 12.7. The highest BCUT2D eigenvalue weighted by molar-refractivity contribution is 6.30. The van der Waals surface area contributed by atoms with E-state index in [2.05, 4.69) is 10.3 Å². The molecule has 1 saturated heterocycles. The number of carbonyl (C=O) groups excluding carboxylic acids is 1. The van der Waals surface area contributed by atoms with Crippen molar-refractivity contribution in [3.8, 4) is 0 Å². The number of nitrogens with zero attached hydrogens (tertiary/aromatic N) is 4. The average molecular weight is 347 g/mol. The lowest BCUT2D eigenvalue weighted by atomic mass is 10.1. The van der Waals surface area contributed by atoms with Crippen LogP contribution in [0.4, 0.5) is 0 Å². The predicted molar refractivity (Wildman–Crippen MR) is 88.8 cm³/mol. The minimum absolute atomic E-state index is 0.0236. The third kappa shape index (κ3) is 2.91. The number of piperidine rings is 1. The molecule has 6 nitrogen and oxygen atoms in total. The Balaban J connectivity index is 1.53. The van der Waals surface area contributed by atoms with Gasteiger partial charge in [-0.05, 0) is 37.0 Å². The second kappa shape index (κ2) is 6.53. The van der Waals surface area contributed by atoms with E-state index < -0.39 is 0 Å². The van der Waals surface area contributed by atoms with E-state index in [1.54, 1.807) is 4.68 Å². The van der Waals surface area contributed by atoms with Crippen molar-refractivity contribution in [3.05, 3.63) is 46.2 Å². The Kier molecular flexibility index (Phi) is 4.24. The standard InChI is InChI=1S/C17H19ClN4O2/c18-13-6-4-12(5-7-13)15-10-22-14(11-24-15)16(19-20-22)17(23)21-8-2-1-3-9-21/h4-7,15H,1-3,8-11H2/t15-/m1/s1. The number of aromatic nitrogens is 3. The van der Waals surface area contributed by atoms with Crippen molar-refractivity contribution in [2.24, 2.45) is 0 Å². The highest BCUT2D eigenvalue weighted by atomic mass is 35.5. The summed E-state index contributed by atoms with van der Waals surface area (Å²) in [6.07, 6.45) is 3.21. The predicted octanol–water partition coefficient (Wildman–Crippen LogP) is 2.83. The Morgan fingerprint density at radius 3 is 2.67 bits per heavy atom. The van der Waals surface area contributed by atoms with Crippen LogP contribution in [-0.4, -0.2) is 38.9 Å². The maximum Gasteiger partial charge on any atom is 0.276 e. The molecule has 1 aromatic heterocycles. The molecule has 24 heavy (non-hydrogen) atoms. The molecule has 126 valence electrons. The number of likely N-dealkylation sites (tertiary alicyclic amines) is 1. The topological polar surface area (TPSA) is 60.3 Å². The van der Waals surface area contributed by atoms with E-state index in [4.69, 9.17) is 16.3 Å². The van der Waals surface area contributed by atoms with Crippen LogP contribution in [0.25, 0.3) is 0 Å². The van der Waals surface area contributed by atoms with E-state index in [0.717, 1.165) is 37.2 Å². The Bertz CT molecular complexity index is 738. The van der Waals surface area contributed by atoms with Gasteiger partial charge in [-0.15, -0.1) is 5.10 Å². The summed E-state index contributed by atoms with van der Waals surface area (Å²) in [4.78, 5) is 14.5. The first-order valence-corrected chi connectivity index (χ1v) is 8.69. The molecule has 3 heterocycles. The van der Waals surface area contributed by atoms with Crippen molar-refractivity contribution in [1.82, 2.24) is 19.9 Å². The van der Waals surface area contributed by atoms with E-state index in [-0.39, 0.29) is 12.0 Å². The smallest absolute Gasteiger partial charge is 0.276 e. The summed E-state index contributed by atoms with van der Waals surface area (Å²) in [6.45, 7) is 2.51. The molecule has 0 radical (unpaired) electrons. The van der Waals surface area contributed by atoms with Crippen LogP contribution in [0.15, 0.2) is 24.3 Å². The second-order valence-electron chi connectivity index (χ2n) is 6.27. The van der Waals surface area contributed by atoms with Crippen molar-refractivity contribution in [2.45, 2.75) is 38.5 Å². The summed E-state index contributed by atoms with van der Waals surface area (Å²) in [6, 6.07) is 7.61. The van der Waals surface area contributed by atoms with Crippen LogP contribution in [-0.2, 0) is 17.9 Å². The van der Waals surface area contributed by atoms with Crippen LogP contribution < -0.4 is 0 Å². The monoisotopic (exact) mass is 346 g/mol. The zero-order valence-corrected chi connectivity index (χ0v) is 14.1. The lowest BCUT2D eigenvalue weighted by molar-refractivity contribution is -0.00198. The Hall–Kier alpha value is -1.92. The third-order valence-corrected chi connectivity index (χ3v) is 4.94. The summed E-state index contributed by atoms with van der Waals surface area (Å²) >= 11 is 5.93. The maximum absolute atomic E-state index is 12.7. The van der Waals surface area contributed by atoms with Gasteiger partial charge >= 0.3 is 0 Å². The van der Waals surface area contributed by atoms with Crippen LogP contribution in [0.3, 0.4) is 0 Å². The summed E-state index contributed by atoms with van der Waals surface area (Å²) in [7, 11) is 0. The number of halogens is 1. The molecule has 2 aromatic rings. The van der Waals surface area contributed by atoms with Gasteiger partial charge in [-0.3, -0.25) is 4.79 Å². The molecule has 0 spiro atoms. The average Bonchev–Trinajstić information content (AvgIpc) is 3.05. The van der Waals surface area contributed by atoms with Crippen molar-refractivity contribution < 1.29 is 9.53 Å². The molecule has 1 fully saturated rings. The minimum Gasteiger partial charge on any atom is -0.365 e. The summed E-state index contributed by atoms with van der Waals surface area (Å²) < 4.78 is 7.74. The van der Waals surface area contributed by atoms with Crippen molar-refractivity contribution in [2.75, 3.05) is 13.1 Å². The fraction of sp³-hybridized carbons (Fsp3) is 0.471. The number of benzene rings is 1. The SMILES string of the molecule is O=C(c1nnn2c1CO[C@@H](c1ccc(Cl)cc1)C2)N1CCCCC1. The first kappa shape index (κ1) is 15.6. The number of rotatable bonds is 2. The number of ether oxygens (including phenoxy) is 1. The van der Waals surface area contributed by atoms with Crippen LogP contribution in [0.5, 0.6) is 0 Å². The molecule has 1 aromatic carbocycles. The molecule has 2 aliphatic heterocycles. The van der Waals surface area contributed by atoms with E-state index in [9.17, 15) is 4.79 Å². The van der Waals surface area contributed by atoms with Gasteiger partial charge in [-0.1, -0.05) is 28.9 Å². The van der Waals surface area contributed by atoms with E-state index in [1.165, 1.54) is 6.42 Å². The quantitative estimate of drug-likeness (QED) is 0.839. The van der Waals surface area contributed by atoms with Gasteiger partial charge in [-0.25, -0.2) is 4.68 Å². The first-order chi connectivity index (χ1) is 11.7. The molecule has 0 bridgehead atoms. The van der Waals surface area contributed by atoms with Gasteiger partial charge in [0, 0.05) is 18.1 Å². The summed E-state index contributed by atoms with van der Waals surface area (Å²) in [5.74, 6) is -0.0236. The summed E-state index contributed by atoms with van der Waals surface area (Å²) in [5.41, 5.74) is 2.26. The molecule has 0 unspecified atom stereocenters. The van der Waals surface area contributed by atoms with Crippen LogP contribution in [0, 0.1) is 0 Å². The van der Waals surface area contributed by atoms with Gasteiger partial charge in [0.1, 0.15) is 6.10 Å². The first-order valence-electron chi connectivity index (χ1n) is 8.31. The van der Waals surface area contributed by atoms with Crippen LogP contribution in [0.1, 0.15) is 47.1 Å². The Morgan fingerprint density at radius 2 is 1.92 bits per heavy atom. The molecule has 0 aliphatic carbocycles. The van der Waals surface area contributed by atoms with Gasteiger partial charge in [0.15, 0.2) is 5.69 Å². The molecule has 1 amide bonds. The Morgan fingerprint density at radius 1 is 1.17 bits per heavy atom. The third-order valence-electron chi connectivity index (χ3n) is 4.69. The van der Waals surface area contributed by atoms with Crippen molar-refractivity contribution in [3.63, 3.8) is 0 Å². The van der Waals surface area contributed by atoms with Gasteiger partial charge < -0.3 is 9.64 Å². The van der Waals surface area contributed by atoms with Gasteiger partial charge in [-0.2, -0.15) is 0 Å². The lowest BCUT2D eigenvalue weighted by Crippen LogP contribution is -2.36. The highest BCUT2D eigenvalue weighted by Gasteiger charge is 2.30. The minimum atomic E-state index is -0.102. The fourth-order valence-electron chi connectivity index (χ4n) is 3.30. The fourth-order valence-corrected chi connectivity index (χ4v) is 3.43. The normalized spacial score (nSPS) is 20.7. The van der Waals surface area contributed by atoms with Crippen LogP contribution in [0.2, 0.25) is 5.02 Å². The molecule has 4 rings (SSSR count). The zero-order chi connectivity index (χ0) is 16.5. The second-order valence-corrected chi connectivity index (χ2v) is 6.71. The molecule has 0 saturated carbocycles. The number of fused-ring (bicyclic) bond motifs is 1. The number of hydrogen-bond acceptors (Lipinski definition) is 4. The number of amides is 1. The van der Waals surface area contributed by atoms with Crippen molar-refractivity contribution in [1.29, 1.82) is 0 Å². The van der Waals surface area contributed by atoms with Gasteiger partial charge in [0.25, 0.3) is 5.91 Å². The van der Waals surface area contributed by atoms with Crippen molar-refractivity contribution >= 4 is 17.5 Å². The molecule has 2 aliphatic rings.